The molecule has 0 bridgehead atoms. The molecule has 2 heteroatoms. The quantitative estimate of drug-likeness (QED) is 0.478. The summed E-state index contributed by atoms with van der Waals surface area (Å²) in [6, 6.07) is 0. The number of ketones is 1. The lowest BCUT2D eigenvalue weighted by Gasteiger charge is -1.94. The monoisotopic (exact) mass is 124 g/mol. The lowest BCUT2D eigenvalue weighted by atomic mass is 10.1. The standard InChI is InChI=1S/C7H8O2/c8-4-7-2-5(7)1-6(9)3-7/h4-5H,1-3H2. The SMILES string of the molecule is O=CC12CC(=O)CC1C2. The molecule has 0 aromatic rings. The maximum atomic E-state index is 10.7. The minimum absolute atomic E-state index is 0.156. The molecule has 9 heavy (non-hydrogen) atoms. The Balaban J connectivity index is 2.22. The van der Waals surface area contributed by atoms with Crippen LogP contribution in [0.25, 0.3) is 0 Å². The van der Waals surface area contributed by atoms with Gasteiger partial charge in [-0.3, -0.25) is 4.79 Å². The first kappa shape index (κ1) is 5.15. The zero-order valence-corrected chi connectivity index (χ0v) is 5.09. The van der Waals surface area contributed by atoms with E-state index in [9.17, 15) is 9.59 Å². The second-order valence-electron chi connectivity index (χ2n) is 3.17. The van der Waals surface area contributed by atoms with Crippen molar-refractivity contribution in [1.82, 2.24) is 0 Å². The van der Waals surface area contributed by atoms with Crippen LogP contribution in [0.4, 0.5) is 0 Å². The third-order valence-electron chi connectivity index (χ3n) is 2.51. The highest BCUT2D eigenvalue weighted by molar-refractivity contribution is 5.89. The van der Waals surface area contributed by atoms with Gasteiger partial charge in [0.1, 0.15) is 12.1 Å². The van der Waals surface area contributed by atoms with Crippen LogP contribution in [0.15, 0.2) is 0 Å². The van der Waals surface area contributed by atoms with E-state index in [1.54, 1.807) is 0 Å². The van der Waals surface area contributed by atoms with Crippen LogP contribution in [-0.4, -0.2) is 12.1 Å². The summed E-state index contributed by atoms with van der Waals surface area (Å²) in [5.74, 6) is 0.709. The van der Waals surface area contributed by atoms with Crippen molar-refractivity contribution in [3.05, 3.63) is 0 Å². The van der Waals surface area contributed by atoms with E-state index in [-0.39, 0.29) is 11.2 Å². The molecule has 0 aromatic heterocycles. The van der Waals surface area contributed by atoms with E-state index in [1.165, 1.54) is 0 Å². The highest BCUT2D eigenvalue weighted by Gasteiger charge is 2.60. The highest BCUT2D eigenvalue weighted by atomic mass is 16.1. The minimum atomic E-state index is -0.156. The lowest BCUT2D eigenvalue weighted by molar-refractivity contribution is -0.120. The van der Waals surface area contributed by atoms with Crippen LogP contribution in [0, 0.1) is 11.3 Å². The molecule has 2 aliphatic carbocycles. The Labute approximate surface area is 53.2 Å². The van der Waals surface area contributed by atoms with Crippen LogP contribution in [0.5, 0.6) is 0 Å². The normalized spacial score (nSPS) is 46.7. The van der Waals surface area contributed by atoms with E-state index in [2.05, 4.69) is 0 Å². The molecule has 2 atom stereocenters. The maximum Gasteiger partial charge on any atom is 0.134 e. The minimum Gasteiger partial charge on any atom is -0.303 e. The Morgan fingerprint density at radius 3 is 2.78 bits per heavy atom. The fourth-order valence-electron chi connectivity index (χ4n) is 1.79. The maximum absolute atomic E-state index is 10.7. The Bertz CT molecular complexity index is 185. The molecule has 0 heterocycles. The van der Waals surface area contributed by atoms with Gasteiger partial charge in [-0.1, -0.05) is 0 Å². The second kappa shape index (κ2) is 1.25. The van der Waals surface area contributed by atoms with E-state index < -0.39 is 0 Å². The van der Waals surface area contributed by atoms with Crippen molar-refractivity contribution in [2.45, 2.75) is 19.3 Å². The van der Waals surface area contributed by atoms with Gasteiger partial charge in [0.2, 0.25) is 0 Å². The van der Waals surface area contributed by atoms with E-state index in [1.807, 2.05) is 0 Å². The Morgan fingerprint density at radius 1 is 1.67 bits per heavy atom. The topological polar surface area (TPSA) is 34.1 Å². The van der Waals surface area contributed by atoms with Crippen molar-refractivity contribution < 1.29 is 9.59 Å². The van der Waals surface area contributed by atoms with Crippen molar-refractivity contribution in [2.75, 3.05) is 0 Å². The van der Waals surface area contributed by atoms with Gasteiger partial charge in [-0.25, -0.2) is 0 Å². The molecule has 2 unspecified atom stereocenters. The number of rotatable bonds is 1. The van der Waals surface area contributed by atoms with Crippen molar-refractivity contribution in [3.8, 4) is 0 Å². The average Bonchev–Trinajstić information content (AvgIpc) is 2.38. The van der Waals surface area contributed by atoms with Crippen LogP contribution in [0.2, 0.25) is 0 Å². The number of carbonyl (C=O) groups excluding carboxylic acids is 2. The van der Waals surface area contributed by atoms with E-state index in [0.29, 0.717) is 18.8 Å². The highest BCUT2D eigenvalue weighted by Crippen LogP contribution is 2.60. The predicted molar refractivity (Wildman–Crippen MR) is 30.8 cm³/mol. The average molecular weight is 124 g/mol. The number of hydrogen-bond acceptors (Lipinski definition) is 2. The zero-order valence-electron chi connectivity index (χ0n) is 5.09. The molecule has 2 rings (SSSR count). The van der Waals surface area contributed by atoms with Crippen LogP contribution in [0.1, 0.15) is 19.3 Å². The molecule has 0 aromatic carbocycles. The first-order valence-electron chi connectivity index (χ1n) is 3.25. The number of carbonyl (C=O) groups is 2. The van der Waals surface area contributed by atoms with Crippen molar-refractivity contribution >= 4 is 12.1 Å². The molecule has 0 saturated heterocycles. The van der Waals surface area contributed by atoms with Gasteiger partial charge in [0.05, 0.1) is 0 Å². The zero-order chi connectivity index (χ0) is 6.48. The molecular weight excluding hydrogens is 116 g/mol. The van der Waals surface area contributed by atoms with Gasteiger partial charge in [0.25, 0.3) is 0 Å². The molecule has 0 aliphatic heterocycles. The van der Waals surface area contributed by atoms with E-state index in [0.717, 1.165) is 12.7 Å². The first-order valence-corrected chi connectivity index (χ1v) is 3.25. The van der Waals surface area contributed by atoms with Crippen LogP contribution in [-0.2, 0) is 9.59 Å². The third kappa shape index (κ3) is 0.506. The van der Waals surface area contributed by atoms with Gasteiger partial charge in [0.15, 0.2) is 0 Å². The molecule has 0 N–H and O–H groups in total. The molecule has 48 valence electrons. The first-order chi connectivity index (χ1) is 4.27. The molecule has 2 fully saturated rings. The summed E-state index contributed by atoms with van der Waals surface area (Å²) < 4.78 is 0. The van der Waals surface area contributed by atoms with Crippen molar-refractivity contribution in [3.63, 3.8) is 0 Å². The summed E-state index contributed by atoms with van der Waals surface area (Å²) in [6.07, 6.45) is 3.14. The van der Waals surface area contributed by atoms with E-state index in [4.69, 9.17) is 0 Å². The summed E-state index contributed by atoms with van der Waals surface area (Å²) in [6.45, 7) is 0. The van der Waals surface area contributed by atoms with Crippen LogP contribution in [0.3, 0.4) is 0 Å². The van der Waals surface area contributed by atoms with Gasteiger partial charge < -0.3 is 4.79 Å². The van der Waals surface area contributed by atoms with Gasteiger partial charge in [-0.15, -0.1) is 0 Å². The molecule has 0 radical (unpaired) electrons. The van der Waals surface area contributed by atoms with Crippen molar-refractivity contribution in [2.24, 2.45) is 11.3 Å². The van der Waals surface area contributed by atoms with Gasteiger partial charge in [0, 0.05) is 18.3 Å². The van der Waals surface area contributed by atoms with Gasteiger partial charge >= 0.3 is 0 Å². The molecule has 0 spiro atoms. The largest absolute Gasteiger partial charge is 0.303 e. The lowest BCUT2D eigenvalue weighted by Crippen LogP contribution is -2.02. The summed E-state index contributed by atoms with van der Waals surface area (Å²) in [5, 5.41) is 0. The van der Waals surface area contributed by atoms with E-state index >= 15 is 0 Å². The van der Waals surface area contributed by atoms with Gasteiger partial charge in [-0.05, 0) is 12.3 Å². The second-order valence-corrected chi connectivity index (χ2v) is 3.17. The fraction of sp³-hybridized carbons (Fsp3) is 0.714. The number of aldehydes is 1. The Hall–Kier alpha value is -0.660. The summed E-state index contributed by atoms with van der Waals surface area (Å²) in [4.78, 5) is 21.1. The van der Waals surface area contributed by atoms with Crippen LogP contribution < -0.4 is 0 Å². The molecule has 2 nitrogen and oxygen atoms in total. The molecule has 2 saturated carbocycles. The Kier molecular flexibility index (Phi) is 0.718. The molecule has 0 amide bonds. The third-order valence-corrected chi connectivity index (χ3v) is 2.51. The smallest absolute Gasteiger partial charge is 0.134 e. The summed E-state index contributed by atoms with van der Waals surface area (Å²) in [5.41, 5.74) is -0.156. The predicted octanol–water partition coefficient (Wildman–Crippen LogP) is 0.554. The summed E-state index contributed by atoms with van der Waals surface area (Å²) in [7, 11) is 0. The van der Waals surface area contributed by atoms with Crippen molar-refractivity contribution in [1.29, 1.82) is 0 Å². The number of fused-ring (bicyclic) bond motifs is 1. The van der Waals surface area contributed by atoms with Crippen LogP contribution >= 0.6 is 0 Å². The van der Waals surface area contributed by atoms with Gasteiger partial charge in [-0.2, -0.15) is 0 Å². The molecule has 2 aliphatic rings. The Morgan fingerprint density at radius 2 is 2.44 bits per heavy atom. The molecular formula is C7H8O2. The summed E-state index contributed by atoms with van der Waals surface area (Å²) >= 11 is 0. The fourth-order valence-corrected chi connectivity index (χ4v) is 1.79. The number of hydrogen-bond donors (Lipinski definition) is 0. The number of Topliss-reactive ketones (excluding diaryl/α,β-unsaturated/α-hetero) is 1.